The Morgan fingerprint density at radius 3 is 2.45 bits per heavy atom. The molecule has 1 unspecified atom stereocenters. The van der Waals surface area contributed by atoms with Crippen molar-refractivity contribution in [2.24, 2.45) is 0 Å². The third-order valence-electron chi connectivity index (χ3n) is 4.66. The van der Waals surface area contributed by atoms with Crippen molar-refractivity contribution in [2.45, 2.75) is 12.5 Å². The van der Waals surface area contributed by atoms with Crippen LogP contribution in [0.1, 0.15) is 29.2 Å². The summed E-state index contributed by atoms with van der Waals surface area (Å²) < 4.78 is 0. The summed E-state index contributed by atoms with van der Waals surface area (Å²) in [7, 11) is 0. The molecule has 4 rings (SSSR count). The fraction of sp³-hybridized carbons (Fsp3) is 0.100. The van der Waals surface area contributed by atoms with Gasteiger partial charge in [0.2, 0.25) is 0 Å². The van der Waals surface area contributed by atoms with E-state index in [1.165, 1.54) is 10.8 Å². The molecular formula is C20H17NO. The van der Waals surface area contributed by atoms with Crippen LogP contribution in [-0.4, -0.2) is 5.21 Å². The van der Waals surface area contributed by atoms with E-state index in [2.05, 4.69) is 60.1 Å². The van der Waals surface area contributed by atoms with Crippen molar-refractivity contribution in [3.05, 3.63) is 82.9 Å². The summed E-state index contributed by atoms with van der Waals surface area (Å²) in [6, 6.07) is 20.7. The Balaban J connectivity index is 2.12. The Morgan fingerprint density at radius 1 is 0.818 bits per heavy atom. The van der Waals surface area contributed by atoms with E-state index in [-0.39, 0.29) is 0 Å². The lowest BCUT2D eigenvalue weighted by molar-refractivity contribution is 0.0922. The molecule has 0 spiro atoms. The molecule has 0 aliphatic heterocycles. The van der Waals surface area contributed by atoms with Gasteiger partial charge in [-0.25, -0.2) is 0 Å². The minimum atomic E-state index is -0.639. The number of fused-ring (bicyclic) bond motifs is 4. The highest BCUT2D eigenvalue weighted by Crippen LogP contribution is 2.39. The molecule has 0 bridgehead atoms. The number of rotatable bonds is 1. The molecule has 0 heterocycles. The van der Waals surface area contributed by atoms with Gasteiger partial charge in [0.15, 0.2) is 0 Å². The van der Waals surface area contributed by atoms with E-state index < -0.39 is 5.54 Å². The monoisotopic (exact) mass is 287 g/mol. The highest BCUT2D eigenvalue weighted by atomic mass is 16.5. The van der Waals surface area contributed by atoms with Crippen LogP contribution in [0, 0.1) is 0 Å². The first-order chi connectivity index (χ1) is 10.7. The van der Waals surface area contributed by atoms with E-state index in [4.69, 9.17) is 0 Å². The Hall–Kier alpha value is -2.42. The number of hydrogen-bond acceptors (Lipinski definition) is 2. The molecule has 0 aromatic heterocycles. The summed E-state index contributed by atoms with van der Waals surface area (Å²) in [6.45, 7) is 2.02. The lowest BCUT2D eigenvalue weighted by Crippen LogP contribution is -2.39. The van der Waals surface area contributed by atoms with E-state index in [9.17, 15) is 5.21 Å². The molecule has 0 radical (unpaired) electrons. The smallest absolute Gasteiger partial charge is 0.0911 e. The van der Waals surface area contributed by atoms with Crippen LogP contribution in [-0.2, 0) is 5.54 Å². The number of hydroxylamine groups is 1. The molecule has 3 aromatic rings. The maximum Gasteiger partial charge on any atom is 0.0911 e. The van der Waals surface area contributed by atoms with Crippen molar-refractivity contribution >= 4 is 22.9 Å². The van der Waals surface area contributed by atoms with E-state index in [0.717, 1.165) is 22.3 Å². The van der Waals surface area contributed by atoms with E-state index in [1.54, 1.807) is 0 Å². The first-order valence-corrected chi connectivity index (χ1v) is 7.45. The van der Waals surface area contributed by atoms with Crippen LogP contribution in [0.5, 0.6) is 0 Å². The molecule has 2 heteroatoms. The van der Waals surface area contributed by atoms with Gasteiger partial charge in [0.25, 0.3) is 0 Å². The van der Waals surface area contributed by atoms with Crippen molar-refractivity contribution in [2.75, 3.05) is 0 Å². The predicted octanol–water partition coefficient (Wildman–Crippen LogP) is 4.57. The molecule has 0 amide bonds. The van der Waals surface area contributed by atoms with Crippen LogP contribution in [0.4, 0.5) is 0 Å². The zero-order chi connectivity index (χ0) is 15.2. The van der Waals surface area contributed by atoms with E-state index >= 15 is 0 Å². The Morgan fingerprint density at radius 2 is 1.59 bits per heavy atom. The van der Waals surface area contributed by atoms with Gasteiger partial charge in [0.1, 0.15) is 0 Å². The molecule has 3 aromatic carbocycles. The van der Waals surface area contributed by atoms with Crippen LogP contribution >= 0.6 is 0 Å². The largest absolute Gasteiger partial charge is 0.316 e. The SMILES string of the molecule is CC1(NO)c2ccccc2C=Cc2c1ccc1ccccc21. The van der Waals surface area contributed by atoms with Gasteiger partial charge >= 0.3 is 0 Å². The fourth-order valence-corrected chi connectivity index (χ4v) is 3.45. The van der Waals surface area contributed by atoms with Crippen molar-refractivity contribution in [1.82, 2.24) is 5.48 Å². The van der Waals surface area contributed by atoms with Crippen LogP contribution in [0.2, 0.25) is 0 Å². The maximum absolute atomic E-state index is 9.96. The zero-order valence-corrected chi connectivity index (χ0v) is 12.4. The first kappa shape index (κ1) is 13.3. The minimum Gasteiger partial charge on any atom is -0.316 e. The fourth-order valence-electron chi connectivity index (χ4n) is 3.45. The highest BCUT2D eigenvalue weighted by Gasteiger charge is 2.33. The zero-order valence-electron chi connectivity index (χ0n) is 12.4. The highest BCUT2D eigenvalue weighted by molar-refractivity contribution is 5.96. The van der Waals surface area contributed by atoms with Gasteiger partial charge < -0.3 is 5.21 Å². The Bertz CT molecular complexity index is 897. The second kappa shape index (κ2) is 4.80. The van der Waals surface area contributed by atoms with Gasteiger partial charge in [0.05, 0.1) is 5.54 Å². The van der Waals surface area contributed by atoms with Crippen molar-refractivity contribution in [3.8, 4) is 0 Å². The third kappa shape index (κ3) is 1.75. The van der Waals surface area contributed by atoms with Gasteiger partial charge in [-0.2, -0.15) is 5.48 Å². The van der Waals surface area contributed by atoms with Crippen LogP contribution in [0.25, 0.3) is 22.9 Å². The molecule has 2 nitrogen and oxygen atoms in total. The Labute approximate surface area is 129 Å². The predicted molar refractivity (Wildman–Crippen MR) is 90.7 cm³/mol. The molecule has 108 valence electrons. The summed E-state index contributed by atoms with van der Waals surface area (Å²) in [6.07, 6.45) is 4.28. The standard InChI is InChI=1S/C20H17NO/c1-20(21-22)18-9-5-3-7-15(18)10-12-17-16-8-4-2-6-14(16)11-13-19(17)20/h2-13,21-22H,1H3. The van der Waals surface area contributed by atoms with Crippen molar-refractivity contribution in [1.29, 1.82) is 0 Å². The molecule has 22 heavy (non-hydrogen) atoms. The normalized spacial score (nSPS) is 19.5. The molecule has 0 saturated heterocycles. The summed E-state index contributed by atoms with van der Waals surface area (Å²) >= 11 is 0. The summed E-state index contributed by atoms with van der Waals surface area (Å²) in [4.78, 5) is 0. The van der Waals surface area contributed by atoms with Gasteiger partial charge in [0, 0.05) is 0 Å². The Kier molecular flexibility index (Phi) is 2.89. The van der Waals surface area contributed by atoms with Crippen LogP contribution in [0.3, 0.4) is 0 Å². The average Bonchev–Trinajstić information content (AvgIpc) is 2.71. The topological polar surface area (TPSA) is 32.3 Å². The second-order valence-corrected chi connectivity index (χ2v) is 5.91. The molecule has 1 atom stereocenters. The van der Waals surface area contributed by atoms with Gasteiger partial charge in [-0.15, -0.1) is 0 Å². The summed E-state index contributed by atoms with van der Waals surface area (Å²) in [5.74, 6) is 0. The average molecular weight is 287 g/mol. The van der Waals surface area contributed by atoms with Crippen LogP contribution < -0.4 is 5.48 Å². The van der Waals surface area contributed by atoms with Gasteiger partial charge in [-0.1, -0.05) is 72.8 Å². The number of hydrogen-bond donors (Lipinski definition) is 2. The first-order valence-electron chi connectivity index (χ1n) is 7.45. The molecule has 0 fully saturated rings. The third-order valence-corrected chi connectivity index (χ3v) is 4.66. The van der Waals surface area contributed by atoms with E-state index in [1.807, 2.05) is 25.1 Å². The maximum atomic E-state index is 9.96. The summed E-state index contributed by atoms with van der Waals surface area (Å²) in [5.41, 5.74) is 6.34. The van der Waals surface area contributed by atoms with Crippen molar-refractivity contribution in [3.63, 3.8) is 0 Å². The minimum absolute atomic E-state index is 0.639. The molecule has 1 aliphatic carbocycles. The second-order valence-electron chi connectivity index (χ2n) is 5.91. The molecule has 1 aliphatic rings. The lowest BCUT2D eigenvalue weighted by atomic mass is 9.81. The van der Waals surface area contributed by atoms with Crippen molar-refractivity contribution < 1.29 is 5.21 Å². The number of benzene rings is 3. The molecule has 2 N–H and O–H groups in total. The summed E-state index contributed by atoms with van der Waals surface area (Å²) in [5, 5.41) is 12.4. The molecule has 0 saturated carbocycles. The van der Waals surface area contributed by atoms with Gasteiger partial charge in [-0.3, -0.25) is 0 Å². The number of nitrogens with one attached hydrogen (secondary N) is 1. The molecular weight excluding hydrogens is 270 g/mol. The van der Waals surface area contributed by atoms with Crippen LogP contribution in [0.15, 0.2) is 60.7 Å². The van der Waals surface area contributed by atoms with E-state index in [0.29, 0.717) is 0 Å². The quantitative estimate of drug-likeness (QED) is 0.643. The van der Waals surface area contributed by atoms with Gasteiger partial charge in [-0.05, 0) is 39.9 Å². The lowest BCUT2D eigenvalue weighted by Gasteiger charge is -2.31.